The molecule has 0 aliphatic rings. The molecule has 0 atom stereocenters. The number of rotatable bonds is 7. The van der Waals surface area contributed by atoms with Crippen LogP contribution in [0, 0.1) is 6.92 Å². The summed E-state index contributed by atoms with van der Waals surface area (Å²) in [5, 5.41) is 7.21. The summed E-state index contributed by atoms with van der Waals surface area (Å²) in [6, 6.07) is 7.02. The molecule has 7 nitrogen and oxygen atoms in total. The first kappa shape index (κ1) is 19.5. The van der Waals surface area contributed by atoms with Crippen molar-refractivity contribution in [3.63, 3.8) is 0 Å². The van der Waals surface area contributed by atoms with Gasteiger partial charge >= 0.3 is 5.97 Å². The fraction of sp³-hybridized carbons (Fsp3) is 0.278. The lowest BCUT2D eigenvalue weighted by molar-refractivity contribution is -0.137. The van der Waals surface area contributed by atoms with Crippen LogP contribution in [0.4, 0.5) is 0 Å². The van der Waals surface area contributed by atoms with E-state index >= 15 is 0 Å². The maximum absolute atomic E-state index is 12.1. The molecule has 0 saturated heterocycles. The van der Waals surface area contributed by atoms with Gasteiger partial charge in [0.2, 0.25) is 0 Å². The third-order valence-corrected chi connectivity index (χ3v) is 3.56. The zero-order valence-electron chi connectivity index (χ0n) is 14.8. The molecule has 0 fully saturated rings. The molecule has 1 heterocycles. The number of halogens is 1. The molecule has 1 aromatic heterocycles. The molecule has 138 valence electrons. The average Bonchev–Trinajstić information content (AvgIpc) is 3.05. The lowest BCUT2D eigenvalue weighted by Gasteiger charge is -2.08. The maximum Gasteiger partial charge on any atom is 0.332 e. The van der Waals surface area contributed by atoms with Gasteiger partial charge in [-0.25, -0.2) is 9.48 Å². The fourth-order valence-electron chi connectivity index (χ4n) is 2.05. The van der Waals surface area contributed by atoms with Gasteiger partial charge in [-0.15, -0.1) is 0 Å². The number of allylic oxidation sites excluding steroid dienone is 1. The number of hydrogen-bond donors (Lipinski definition) is 1. The van der Waals surface area contributed by atoms with Crippen molar-refractivity contribution in [2.45, 2.75) is 27.5 Å². The highest BCUT2D eigenvalue weighted by molar-refractivity contribution is 6.32. The van der Waals surface area contributed by atoms with Crippen molar-refractivity contribution < 1.29 is 19.1 Å². The van der Waals surface area contributed by atoms with Gasteiger partial charge in [0.25, 0.3) is 5.91 Å². The molecular weight excluding hydrogens is 358 g/mol. The van der Waals surface area contributed by atoms with E-state index in [1.54, 1.807) is 32.2 Å². The van der Waals surface area contributed by atoms with Crippen LogP contribution in [0.5, 0.6) is 5.75 Å². The molecule has 2 rings (SSSR count). The van der Waals surface area contributed by atoms with Crippen molar-refractivity contribution in [3.05, 3.63) is 58.5 Å². The van der Waals surface area contributed by atoms with E-state index in [1.807, 2.05) is 19.1 Å². The van der Waals surface area contributed by atoms with Gasteiger partial charge in [-0.1, -0.05) is 17.7 Å². The number of aryl methyl sites for hydroxylation is 1. The summed E-state index contributed by atoms with van der Waals surface area (Å²) in [4.78, 5) is 23.5. The second-order valence-corrected chi connectivity index (χ2v) is 5.89. The Balaban J connectivity index is 1.95. The Kier molecular flexibility index (Phi) is 6.80. The van der Waals surface area contributed by atoms with Crippen LogP contribution >= 0.6 is 11.6 Å². The Morgan fingerprint density at radius 1 is 1.35 bits per heavy atom. The molecular formula is C18H20ClN3O4. The number of benzene rings is 1. The zero-order valence-corrected chi connectivity index (χ0v) is 15.5. The van der Waals surface area contributed by atoms with Gasteiger partial charge in [0.05, 0.1) is 11.6 Å². The minimum Gasteiger partial charge on any atom is -0.470 e. The molecule has 1 N–H and O–H groups in total. The molecule has 2 aromatic rings. The molecule has 0 aliphatic heterocycles. The van der Waals surface area contributed by atoms with E-state index in [0.29, 0.717) is 16.5 Å². The summed E-state index contributed by atoms with van der Waals surface area (Å²) in [7, 11) is 0. The molecule has 0 saturated carbocycles. The summed E-state index contributed by atoms with van der Waals surface area (Å²) in [5.41, 5.74) is 1.58. The number of aromatic nitrogens is 2. The molecule has 1 aromatic carbocycles. The van der Waals surface area contributed by atoms with Crippen molar-refractivity contribution in [1.82, 2.24) is 15.1 Å². The summed E-state index contributed by atoms with van der Waals surface area (Å²) in [6.45, 7) is 5.61. The molecule has 0 radical (unpaired) electrons. The van der Waals surface area contributed by atoms with Crippen LogP contribution in [0.2, 0.25) is 5.02 Å². The van der Waals surface area contributed by atoms with E-state index in [1.165, 1.54) is 10.8 Å². The highest BCUT2D eigenvalue weighted by Crippen LogP contribution is 2.25. The normalized spacial score (nSPS) is 11.2. The summed E-state index contributed by atoms with van der Waals surface area (Å²) >= 11 is 6.08. The van der Waals surface area contributed by atoms with E-state index < -0.39 is 11.9 Å². The Morgan fingerprint density at radius 2 is 2.12 bits per heavy atom. The third-order valence-electron chi connectivity index (χ3n) is 3.24. The number of nitrogens with zero attached hydrogens (tertiary/aromatic N) is 2. The van der Waals surface area contributed by atoms with Crippen molar-refractivity contribution in [1.29, 1.82) is 0 Å². The van der Waals surface area contributed by atoms with Gasteiger partial charge in [-0.05, 0) is 44.5 Å². The van der Waals surface area contributed by atoms with E-state index in [-0.39, 0.29) is 19.0 Å². The third kappa shape index (κ3) is 5.63. The summed E-state index contributed by atoms with van der Waals surface area (Å²) in [6.07, 6.45) is 2.82. The first-order chi connectivity index (χ1) is 12.4. The lowest BCUT2D eigenvalue weighted by Crippen LogP contribution is -2.23. The topological polar surface area (TPSA) is 82.5 Å². The first-order valence-corrected chi connectivity index (χ1v) is 8.35. The number of carbonyl (C=O) groups excluding carboxylic acids is 2. The molecule has 8 heteroatoms. The van der Waals surface area contributed by atoms with Crippen LogP contribution in [0.25, 0.3) is 0 Å². The largest absolute Gasteiger partial charge is 0.470 e. The number of carbonyl (C=O) groups is 2. The number of ether oxygens (including phenoxy) is 2. The Bertz CT molecular complexity index is 830. The van der Waals surface area contributed by atoms with E-state index in [2.05, 4.69) is 10.4 Å². The smallest absolute Gasteiger partial charge is 0.332 e. The van der Waals surface area contributed by atoms with Crippen molar-refractivity contribution in [3.8, 4) is 5.75 Å². The maximum atomic E-state index is 12.1. The zero-order chi connectivity index (χ0) is 19.1. The predicted molar refractivity (Wildman–Crippen MR) is 96.9 cm³/mol. The number of hydrogen-bond acceptors (Lipinski definition) is 5. The van der Waals surface area contributed by atoms with Crippen LogP contribution in [-0.4, -0.2) is 28.3 Å². The second-order valence-electron chi connectivity index (χ2n) is 5.48. The predicted octanol–water partition coefficient (Wildman–Crippen LogP) is 3.08. The summed E-state index contributed by atoms with van der Waals surface area (Å²) in [5.74, 6) is -0.406. The van der Waals surface area contributed by atoms with Gasteiger partial charge < -0.3 is 14.8 Å². The van der Waals surface area contributed by atoms with Crippen LogP contribution in [0.15, 0.2) is 42.2 Å². The SMILES string of the molecule is CCOC(=O)/C=C(\C)NC(=O)c1ccn(COc2cc(C)ccc2Cl)n1. The second kappa shape index (κ2) is 9.05. The molecule has 0 aliphatic carbocycles. The minimum absolute atomic E-state index is 0.105. The fourth-order valence-corrected chi connectivity index (χ4v) is 2.22. The van der Waals surface area contributed by atoms with Crippen molar-refractivity contribution >= 4 is 23.5 Å². The molecule has 26 heavy (non-hydrogen) atoms. The lowest BCUT2D eigenvalue weighted by atomic mass is 10.2. The van der Waals surface area contributed by atoms with Crippen molar-refractivity contribution in [2.75, 3.05) is 6.61 Å². The average molecular weight is 378 g/mol. The Morgan fingerprint density at radius 3 is 2.85 bits per heavy atom. The van der Waals surface area contributed by atoms with Gasteiger partial charge in [0.15, 0.2) is 12.4 Å². The molecule has 0 spiro atoms. The monoisotopic (exact) mass is 377 g/mol. The minimum atomic E-state index is -0.515. The Hall–Kier alpha value is -2.80. The van der Waals surface area contributed by atoms with Crippen molar-refractivity contribution in [2.24, 2.45) is 0 Å². The van der Waals surface area contributed by atoms with Gasteiger partial charge in [0, 0.05) is 18.0 Å². The highest BCUT2D eigenvalue weighted by Gasteiger charge is 2.11. The highest BCUT2D eigenvalue weighted by atomic mass is 35.5. The van der Waals surface area contributed by atoms with Gasteiger partial charge in [-0.3, -0.25) is 4.79 Å². The van der Waals surface area contributed by atoms with Crippen LogP contribution in [0.1, 0.15) is 29.9 Å². The molecule has 0 unspecified atom stereocenters. The van der Waals surface area contributed by atoms with E-state index in [4.69, 9.17) is 21.1 Å². The van der Waals surface area contributed by atoms with E-state index in [9.17, 15) is 9.59 Å². The molecule has 1 amide bonds. The Labute approximate surface area is 156 Å². The molecule has 0 bridgehead atoms. The van der Waals surface area contributed by atoms with Gasteiger partial charge in [-0.2, -0.15) is 5.10 Å². The van der Waals surface area contributed by atoms with E-state index in [0.717, 1.165) is 5.56 Å². The van der Waals surface area contributed by atoms with Crippen LogP contribution in [-0.2, 0) is 16.3 Å². The number of amides is 1. The summed E-state index contributed by atoms with van der Waals surface area (Å²) < 4.78 is 11.9. The van der Waals surface area contributed by atoms with Crippen LogP contribution < -0.4 is 10.1 Å². The number of esters is 1. The van der Waals surface area contributed by atoms with Gasteiger partial charge in [0.1, 0.15) is 5.75 Å². The standard InChI is InChI=1S/C18H20ClN3O4/c1-4-25-17(23)10-13(3)20-18(24)15-7-8-22(21-15)11-26-16-9-12(2)5-6-14(16)19/h5-10H,4,11H2,1-3H3,(H,20,24)/b13-10+. The number of nitrogens with one attached hydrogen (secondary N) is 1. The quantitative estimate of drug-likeness (QED) is 0.592. The van der Waals surface area contributed by atoms with Crippen LogP contribution in [0.3, 0.4) is 0 Å². The first-order valence-electron chi connectivity index (χ1n) is 7.98.